The Labute approximate surface area is 249 Å². The highest BCUT2D eigenvalue weighted by molar-refractivity contribution is 7.20. The lowest BCUT2D eigenvalue weighted by molar-refractivity contribution is -0.112. The van der Waals surface area contributed by atoms with Crippen LogP contribution in [0.2, 0.25) is 5.02 Å². The number of benzene rings is 1. The van der Waals surface area contributed by atoms with Crippen LogP contribution in [-0.2, 0) is 4.79 Å². The Balaban J connectivity index is 2.03. The highest BCUT2D eigenvalue weighted by atomic mass is 35.5. The zero-order valence-corrected chi connectivity index (χ0v) is 25.4. The molecule has 1 amide bonds. The normalized spacial score (nSPS) is 14.9. The molecule has 3 rings (SSSR count). The van der Waals surface area contributed by atoms with Crippen molar-refractivity contribution in [3.63, 3.8) is 0 Å². The van der Waals surface area contributed by atoms with Crippen LogP contribution < -0.4 is 15.0 Å². The monoisotopic (exact) mass is 606 g/mol. The van der Waals surface area contributed by atoms with Crippen LogP contribution in [0, 0.1) is 5.92 Å². The van der Waals surface area contributed by atoms with Crippen LogP contribution in [0.15, 0.2) is 59.9 Å². The second-order valence-corrected chi connectivity index (χ2v) is 11.4. The minimum Gasteiger partial charge on any atom is -0.434 e. The molecule has 0 radical (unpaired) electrons. The molecule has 2 aromatic rings. The van der Waals surface area contributed by atoms with E-state index in [4.69, 9.17) is 21.3 Å². The van der Waals surface area contributed by atoms with Crippen molar-refractivity contribution >= 4 is 45.2 Å². The number of anilines is 2. The number of ether oxygens (including phenoxy) is 1. The van der Waals surface area contributed by atoms with E-state index in [2.05, 4.69) is 47.4 Å². The van der Waals surface area contributed by atoms with Crippen molar-refractivity contribution in [1.82, 2.24) is 14.8 Å². The number of rotatable bonds is 13. The number of hydrogen-bond acceptors (Lipinski definition) is 8. The van der Waals surface area contributed by atoms with Crippen molar-refractivity contribution in [2.24, 2.45) is 10.9 Å². The summed E-state index contributed by atoms with van der Waals surface area (Å²) in [5, 5.41) is 4.27. The zero-order chi connectivity index (χ0) is 30.1. The molecule has 0 unspecified atom stereocenters. The Hall–Kier alpha value is -3.28. The molecule has 1 N–H and O–H groups in total. The number of carbonyl (C=O) groups excluding carboxylic acids is 1. The maximum absolute atomic E-state index is 13.5. The fourth-order valence-corrected chi connectivity index (χ4v) is 5.66. The molecule has 0 bridgehead atoms. The van der Waals surface area contributed by atoms with Gasteiger partial charge in [0.05, 0.1) is 5.57 Å². The summed E-state index contributed by atoms with van der Waals surface area (Å²) in [6.45, 7) is 7.02. The summed E-state index contributed by atoms with van der Waals surface area (Å²) in [4.78, 5) is 28.7. The molecule has 8 nitrogen and oxygen atoms in total. The summed E-state index contributed by atoms with van der Waals surface area (Å²) in [6.07, 6.45) is 7.54. The fraction of sp³-hybridized carbons (Fsp3) is 0.414. The van der Waals surface area contributed by atoms with E-state index in [0.717, 1.165) is 38.9 Å². The van der Waals surface area contributed by atoms with Gasteiger partial charge in [0.1, 0.15) is 22.3 Å². The van der Waals surface area contributed by atoms with Gasteiger partial charge in [0, 0.05) is 44.0 Å². The molecule has 0 saturated carbocycles. The number of carbonyl (C=O) groups is 1. The van der Waals surface area contributed by atoms with Crippen molar-refractivity contribution in [3.8, 4) is 17.0 Å². The molecule has 1 aromatic heterocycles. The van der Waals surface area contributed by atoms with Gasteiger partial charge in [-0.2, -0.15) is 8.78 Å². The third kappa shape index (κ3) is 8.85. The van der Waals surface area contributed by atoms with Gasteiger partial charge >= 0.3 is 6.61 Å². The Bertz CT molecular complexity index is 1290. The number of nitrogens with zero attached hydrogens (tertiary/aromatic N) is 5. The van der Waals surface area contributed by atoms with Gasteiger partial charge in [-0.05, 0) is 64.0 Å². The van der Waals surface area contributed by atoms with Gasteiger partial charge in [-0.25, -0.2) is 9.98 Å². The third-order valence-electron chi connectivity index (χ3n) is 6.54. The highest BCUT2D eigenvalue weighted by Gasteiger charge is 2.27. The van der Waals surface area contributed by atoms with Crippen molar-refractivity contribution in [2.75, 3.05) is 58.0 Å². The summed E-state index contributed by atoms with van der Waals surface area (Å²) < 4.78 is 31.4. The number of aliphatic imine (C=N–C) groups is 1. The predicted octanol–water partition coefficient (Wildman–Crippen LogP) is 6.39. The van der Waals surface area contributed by atoms with Crippen LogP contribution in [-0.4, -0.2) is 81.3 Å². The molecular weight excluding hydrogens is 570 g/mol. The Morgan fingerprint density at radius 1 is 1.29 bits per heavy atom. The second-order valence-electron chi connectivity index (χ2n) is 10.0. The first-order valence-corrected chi connectivity index (χ1v) is 14.4. The number of aromatic nitrogens is 1. The van der Waals surface area contributed by atoms with Crippen LogP contribution in [0.1, 0.15) is 19.3 Å². The Morgan fingerprint density at radius 3 is 2.59 bits per heavy atom. The number of alkyl halides is 2. The average Bonchev–Trinajstić information content (AvgIpc) is 3.33. The van der Waals surface area contributed by atoms with E-state index < -0.39 is 12.5 Å². The van der Waals surface area contributed by atoms with Gasteiger partial charge in [-0.3, -0.25) is 4.79 Å². The Morgan fingerprint density at radius 2 is 2.00 bits per heavy atom. The van der Waals surface area contributed by atoms with Gasteiger partial charge in [0.2, 0.25) is 0 Å². The van der Waals surface area contributed by atoms with Crippen molar-refractivity contribution in [2.45, 2.75) is 25.9 Å². The van der Waals surface area contributed by atoms with Crippen LogP contribution in [0.5, 0.6) is 5.75 Å². The summed E-state index contributed by atoms with van der Waals surface area (Å²) in [5.74, 6) is 0.408. The summed E-state index contributed by atoms with van der Waals surface area (Å²) in [6, 6.07) is 4.34. The lowest BCUT2D eigenvalue weighted by atomic mass is 9.94. The van der Waals surface area contributed by atoms with E-state index in [-0.39, 0.29) is 22.6 Å². The molecule has 1 aromatic carbocycles. The summed E-state index contributed by atoms with van der Waals surface area (Å²) in [7, 11) is 7.66. The SMILES string of the molecule is C=C/C=N\C(=C(\C=C)C(=O)Nc1sc(N2CCC(CCN(C)C)CC2)nc1-c1cc(Cl)ccc1OC(F)F)N(C)C. The Kier molecular flexibility index (Phi) is 11.9. The zero-order valence-electron chi connectivity index (χ0n) is 23.9. The van der Waals surface area contributed by atoms with Crippen LogP contribution in [0.25, 0.3) is 11.3 Å². The third-order valence-corrected chi connectivity index (χ3v) is 7.81. The molecule has 1 saturated heterocycles. The molecule has 41 heavy (non-hydrogen) atoms. The smallest absolute Gasteiger partial charge is 0.387 e. The van der Waals surface area contributed by atoms with Crippen LogP contribution in [0.4, 0.5) is 18.9 Å². The molecule has 0 aliphatic carbocycles. The summed E-state index contributed by atoms with van der Waals surface area (Å²) >= 11 is 7.54. The second kappa shape index (κ2) is 15.1. The molecule has 2 heterocycles. The first kappa shape index (κ1) is 32.2. The van der Waals surface area contributed by atoms with Crippen molar-refractivity contribution in [3.05, 3.63) is 59.9 Å². The first-order valence-electron chi connectivity index (χ1n) is 13.2. The molecular formula is C29H37ClF2N6O2S. The average molecular weight is 607 g/mol. The molecule has 1 aliphatic rings. The van der Waals surface area contributed by atoms with Gasteiger partial charge in [0.25, 0.3) is 5.91 Å². The number of halogens is 3. The minimum absolute atomic E-state index is 0.0943. The van der Waals surface area contributed by atoms with Gasteiger partial charge in [0.15, 0.2) is 5.13 Å². The van der Waals surface area contributed by atoms with Crippen molar-refractivity contribution in [1.29, 1.82) is 0 Å². The van der Waals surface area contributed by atoms with Gasteiger partial charge < -0.3 is 24.8 Å². The number of hydrogen-bond donors (Lipinski definition) is 1. The van der Waals surface area contributed by atoms with Crippen LogP contribution >= 0.6 is 22.9 Å². The van der Waals surface area contributed by atoms with Crippen LogP contribution in [0.3, 0.4) is 0 Å². The molecule has 0 atom stereocenters. The van der Waals surface area contributed by atoms with E-state index >= 15 is 0 Å². The van der Waals surface area contributed by atoms with Gasteiger partial charge in [-0.1, -0.05) is 48.2 Å². The number of piperidine rings is 1. The van der Waals surface area contributed by atoms with E-state index in [1.54, 1.807) is 19.0 Å². The first-order chi connectivity index (χ1) is 19.5. The lowest BCUT2D eigenvalue weighted by Crippen LogP contribution is -2.34. The fourth-order valence-electron chi connectivity index (χ4n) is 4.46. The van der Waals surface area contributed by atoms with Gasteiger partial charge in [-0.15, -0.1) is 0 Å². The number of allylic oxidation sites excluding steroid dienone is 1. The predicted molar refractivity (Wildman–Crippen MR) is 166 cm³/mol. The quantitative estimate of drug-likeness (QED) is 0.162. The molecule has 222 valence electrons. The van der Waals surface area contributed by atoms with E-state index in [0.29, 0.717) is 26.9 Å². The van der Waals surface area contributed by atoms with E-state index in [1.807, 2.05) is 0 Å². The van der Waals surface area contributed by atoms with E-state index in [1.165, 1.54) is 47.9 Å². The number of thiazole rings is 1. The molecule has 12 heteroatoms. The molecule has 1 fully saturated rings. The largest absolute Gasteiger partial charge is 0.434 e. The molecule has 1 aliphatic heterocycles. The topological polar surface area (TPSA) is 73.3 Å². The minimum atomic E-state index is -3.05. The molecule has 0 spiro atoms. The summed E-state index contributed by atoms with van der Waals surface area (Å²) in [5.41, 5.74) is 0.750. The standard InChI is InChI=1S/C29H37ClF2N6O2S/c1-7-14-33-25(37(5)6)21(8-2)26(39)35-27-24(22-18-20(30)9-10-23(22)40-28(31)32)34-29(41-27)38-16-12-19(13-17-38)11-15-36(3)4/h7-10,14,18-19,28H,1-2,11-13,15-17H2,3-6H3,(H,35,39)/b25-21+,33-14-. The maximum Gasteiger partial charge on any atom is 0.387 e. The number of amides is 1. The van der Waals surface area contributed by atoms with E-state index in [9.17, 15) is 13.6 Å². The number of nitrogens with one attached hydrogen (secondary N) is 1. The lowest BCUT2D eigenvalue weighted by Gasteiger charge is -2.32. The maximum atomic E-state index is 13.5. The highest BCUT2D eigenvalue weighted by Crippen LogP contribution is 2.43. The van der Waals surface area contributed by atoms with Crippen molar-refractivity contribution < 1.29 is 18.3 Å².